The van der Waals surface area contributed by atoms with Gasteiger partial charge in [-0.15, -0.1) is 0 Å². The first-order chi connectivity index (χ1) is 10.7. The second-order valence-corrected chi connectivity index (χ2v) is 6.55. The summed E-state index contributed by atoms with van der Waals surface area (Å²) in [7, 11) is 0. The molecule has 3 aliphatic heterocycles. The van der Waals surface area contributed by atoms with Gasteiger partial charge in [0.25, 0.3) is 0 Å². The number of carbonyl (C=O) groups excluding carboxylic acids is 2. The Morgan fingerprint density at radius 1 is 1.18 bits per heavy atom. The number of nitrogens with zero attached hydrogens (tertiary/aromatic N) is 2. The van der Waals surface area contributed by atoms with Crippen LogP contribution in [0.3, 0.4) is 0 Å². The van der Waals surface area contributed by atoms with E-state index in [0.29, 0.717) is 18.5 Å². The molecule has 3 amide bonds. The van der Waals surface area contributed by atoms with E-state index in [0.717, 1.165) is 32.4 Å². The molecule has 1 aromatic carbocycles. The second-order valence-electron chi connectivity index (χ2n) is 6.55. The van der Waals surface area contributed by atoms with Gasteiger partial charge in [-0.2, -0.15) is 0 Å². The first kappa shape index (κ1) is 13.8. The third-order valence-corrected chi connectivity index (χ3v) is 5.28. The minimum Gasteiger partial charge on any atom is -0.329 e. The van der Waals surface area contributed by atoms with E-state index in [4.69, 9.17) is 0 Å². The normalized spacial score (nSPS) is 28.3. The van der Waals surface area contributed by atoms with Crippen molar-refractivity contribution in [1.82, 2.24) is 15.1 Å². The Kier molecular flexibility index (Phi) is 3.37. The predicted molar refractivity (Wildman–Crippen MR) is 82.3 cm³/mol. The minimum atomic E-state index is -0.225. The average Bonchev–Trinajstić information content (AvgIpc) is 2.87. The summed E-state index contributed by atoms with van der Waals surface area (Å²) < 4.78 is 0. The van der Waals surface area contributed by atoms with Gasteiger partial charge in [0, 0.05) is 19.1 Å². The fourth-order valence-electron chi connectivity index (χ4n) is 4.09. The van der Waals surface area contributed by atoms with E-state index >= 15 is 0 Å². The Balaban J connectivity index is 1.51. The van der Waals surface area contributed by atoms with Gasteiger partial charge in [-0.05, 0) is 42.9 Å². The lowest BCUT2D eigenvalue weighted by atomic mass is 9.82. The lowest BCUT2D eigenvalue weighted by Crippen LogP contribution is -2.44. The summed E-state index contributed by atoms with van der Waals surface area (Å²) in [6.07, 6.45) is 3.23. The van der Waals surface area contributed by atoms with Gasteiger partial charge >= 0.3 is 6.03 Å². The van der Waals surface area contributed by atoms with Crippen LogP contribution in [0.2, 0.25) is 0 Å². The van der Waals surface area contributed by atoms with Crippen LogP contribution in [0.4, 0.5) is 4.79 Å². The zero-order chi connectivity index (χ0) is 15.1. The van der Waals surface area contributed by atoms with Crippen molar-refractivity contribution in [1.29, 1.82) is 0 Å². The largest absolute Gasteiger partial charge is 0.329 e. The summed E-state index contributed by atoms with van der Waals surface area (Å²) in [4.78, 5) is 27.5. The number of piperidine rings is 1. The molecule has 0 saturated carbocycles. The maximum absolute atomic E-state index is 11.8. The fourth-order valence-corrected chi connectivity index (χ4v) is 4.09. The molecule has 1 aromatic rings. The molecule has 116 valence electrons. The number of fused-ring (bicyclic) bond motifs is 3. The zero-order valence-corrected chi connectivity index (χ0v) is 12.6. The monoisotopic (exact) mass is 299 g/mol. The van der Waals surface area contributed by atoms with Crippen molar-refractivity contribution >= 4 is 11.9 Å². The molecule has 2 fully saturated rings. The van der Waals surface area contributed by atoms with Crippen LogP contribution in [0.1, 0.15) is 30.0 Å². The van der Waals surface area contributed by atoms with Gasteiger partial charge in [0.1, 0.15) is 0 Å². The topological polar surface area (TPSA) is 52.7 Å². The number of carbonyl (C=O) groups is 2. The standard InChI is InChI=1S/C17H21N3O2/c21-16-10-18-17(22)20(16)11-12-5-7-19-8-6-13-3-1-2-4-14(13)15(19)9-12/h1-4,12,15H,5-11H2,(H,18,22). The number of hydrogen-bond donors (Lipinski definition) is 1. The first-order valence-electron chi connectivity index (χ1n) is 8.12. The molecule has 0 aliphatic carbocycles. The van der Waals surface area contributed by atoms with Gasteiger partial charge in [-0.1, -0.05) is 24.3 Å². The van der Waals surface area contributed by atoms with Gasteiger partial charge < -0.3 is 5.32 Å². The molecule has 22 heavy (non-hydrogen) atoms. The molecule has 5 nitrogen and oxygen atoms in total. The third-order valence-electron chi connectivity index (χ3n) is 5.28. The number of imide groups is 1. The molecule has 2 unspecified atom stereocenters. The van der Waals surface area contributed by atoms with Gasteiger partial charge in [0.05, 0.1) is 6.54 Å². The van der Waals surface area contributed by atoms with Crippen molar-refractivity contribution in [3.8, 4) is 0 Å². The summed E-state index contributed by atoms with van der Waals surface area (Å²) in [5.41, 5.74) is 2.90. The van der Waals surface area contributed by atoms with Gasteiger partial charge in [-0.25, -0.2) is 4.79 Å². The highest BCUT2D eigenvalue weighted by Gasteiger charge is 2.36. The fraction of sp³-hybridized carbons (Fsp3) is 0.529. The van der Waals surface area contributed by atoms with Crippen LogP contribution in [0, 0.1) is 5.92 Å². The van der Waals surface area contributed by atoms with Crippen molar-refractivity contribution in [2.45, 2.75) is 25.3 Å². The SMILES string of the molecule is O=C1CNC(=O)N1CC1CCN2CCc3ccccc3C2C1. The molecule has 5 heteroatoms. The van der Waals surface area contributed by atoms with Crippen LogP contribution in [-0.4, -0.2) is 47.9 Å². The smallest absolute Gasteiger partial charge is 0.324 e. The molecular formula is C17H21N3O2. The van der Waals surface area contributed by atoms with E-state index in [2.05, 4.69) is 34.5 Å². The van der Waals surface area contributed by atoms with E-state index < -0.39 is 0 Å². The molecule has 4 rings (SSSR count). The minimum absolute atomic E-state index is 0.0866. The molecule has 2 atom stereocenters. The van der Waals surface area contributed by atoms with Crippen LogP contribution in [0.15, 0.2) is 24.3 Å². The van der Waals surface area contributed by atoms with Crippen LogP contribution in [-0.2, 0) is 11.2 Å². The van der Waals surface area contributed by atoms with Crippen LogP contribution in [0.5, 0.6) is 0 Å². The van der Waals surface area contributed by atoms with Crippen molar-refractivity contribution < 1.29 is 9.59 Å². The van der Waals surface area contributed by atoms with E-state index in [9.17, 15) is 9.59 Å². The quantitative estimate of drug-likeness (QED) is 0.843. The molecule has 0 radical (unpaired) electrons. The molecule has 1 N–H and O–H groups in total. The predicted octanol–water partition coefficient (Wildman–Crippen LogP) is 1.55. The molecular weight excluding hydrogens is 278 g/mol. The Morgan fingerprint density at radius 2 is 2.05 bits per heavy atom. The lowest BCUT2D eigenvalue weighted by molar-refractivity contribution is -0.125. The van der Waals surface area contributed by atoms with E-state index in [-0.39, 0.29) is 18.5 Å². The summed E-state index contributed by atoms with van der Waals surface area (Å²) >= 11 is 0. The number of hydrogen-bond acceptors (Lipinski definition) is 3. The van der Waals surface area contributed by atoms with E-state index in [1.165, 1.54) is 16.0 Å². The highest BCUT2D eigenvalue weighted by Crippen LogP contribution is 2.39. The van der Waals surface area contributed by atoms with E-state index in [1.807, 2.05) is 0 Å². The average molecular weight is 299 g/mol. The number of nitrogens with one attached hydrogen (secondary N) is 1. The van der Waals surface area contributed by atoms with Crippen molar-refractivity contribution in [2.24, 2.45) is 5.92 Å². The Morgan fingerprint density at radius 3 is 2.86 bits per heavy atom. The Bertz CT molecular complexity index is 600. The summed E-state index contributed by atoms with van der Waals surface area (Å²) in [6, 6.07) is 8.92. The van der Waals surface area contributed by atoms with E-state index in [1.54, 1.807) is 0 Å². The molecule has 0 bridgehead atoms. The lowest BCUT2D eigenvalue weighted by Gasteiger charge is -2.44. The molecule has 0 aromatic heterocycles. The Labute approximate surface area is 130 Å². The second kappa shape index (κ2) is 5.39. The van der Waals surface area contributed by atoms with Crippen molar-refractivity contribution in [3.05, 3.63) is 35.4 Å². The third kappa shape index (κ3) is 2.29. The number of amides is 3. The number of benzene rings is 1. The highest BCUT2D eigenvalue weighted by molar-refractivity contribution is 6.01. The Hall–Kier alpha value is -1.88. The van der Waals surface area contributed by atoms with Crippen molar-refractivity contribution in [3.63, 3.8) is 0 Å². The van der Waals surface area contributed by atoms with Crippen LogP contribution >= 0.6 is 0 Å². The number of urea groups is 1. The maximum atomic E-state index is 11.8. The maximum Gasteiger partial charge on any atom is 0.324 e. The first-order valence-corrected chi connectivity index (χ1v) is 8.12. The van der Waals surface area contributed by atoms with Crippen LogP contribution < -0.4 is 5.32 Å². The van der Waals surface area contributed by atoms with Crippen LogP contribution in [0.25, 0.3) is 0 Å². The van der Waals surface area contributed by atoms with Crippen molar-refractivity contribution in [2.75, 3.05) is 26.2 Å². The molecule has 3 heterocycles. The summed E-state index contributed by atoms with van der Waals surface area (Å²) in [5.74, 6) is 0.316. The van der Waals surface area contributed by atoms with Gasteiger partial charge in [0.15, 0.2) is 0 Å². The highest BCUT2D eigenvalue weighted by atomic mass is 16.2. The molecule has 3 aliphatic rings. The zero-order valence-electron chi connectivity index (χ0n) is 12.6. The summed E-state index contributed by atoms with van der Waals surface area (Å²) in [6.45, 7) is 2.91. The van der Waals surface area contributed by atoms with Gasteiger partial charge in [0.2, 0.25) is 5.91 Å². The number of rotatable bonds is 2. The molecule has 0 spiro atoms. The summed E-state index contributed by atoms with van der Waals surface area (Å²) in [5, 5.41) is 2.61. The molecule has 2 saturated heterocycles. The van der Waals surface area contributed by atoms with Gasteiger partial charge in [-0.3, -0.25) is 14.6 Å².